The molecule has 1 amide bonds. The number of fused-ring (bicyclic) bond motifs is 1. The molecular weight excluding hydrogens is 611 g/mol. The van der Waals surface area contributed by atoms with Gasteiger partial charge in [0.1, 0.15) is 12.6 Å². The molecule has 0 unspecified atom stereocenters. The van der Waals surface area contributed by atoms with Crippen LogP contribution in [0.3, 0.4) is 0 Å². The number of phosphoric acid groups is 1. The van der Waals surface area contributed by atoms with E-state index in [2.05, 4.69) is 30.3 Å². The molecule has 3 atom stereocenters. The lowest BCUT2D eigenvalue weighted by molar-refractivity contribution is -0.0277. The molecule has 3 aromatic carbocycles. The van der Waals surface area contributed by atoms with Crippen LogP contribution < -0.4 is 5.32 Å². The van der Waals surface area contributed by atoms with Crippen LogP contribution in [0, 0.1) is 0 Å². The minimum Gasteiger partial charge on any atom is -0.352 e. The van der Waals surface area contributed by atoms with Crippen molar-refractivity contribution in [2.75, 3.05) is 11.9 Å². The molecule has 5 aromatic rings. The average Bonchev–Trinajstić information content (AvgIpc) is 3.72. The number of anilines is 1. The summed E-state index contributed by atoms with van der Waals surface area (Å²) in [5.74, 6) is -0.115. The summed E-state index contributed by atoms with van der Waals surface area (Å²) in [6, 6.07) is 26.5. The Morgan fingerprint density at radius 2 is 1.57 bits per heavy atom. The van der Waals surface area contributed by atoms with Gasteiger partial charge in [-0.25, -0.2) is 19.5 Å². The molecule has 1 saturated heterocycles. The zero-order valence-electron chi connectivity index (χ0n) is 24.4. The van der Waals surface area contributed by atoms with Gasteiger partial charge in [-0.2, -0.15) is 0 Å². The highest BCUT2D eigenvalue weighted by Crippen LogP contribution is 2.51. The number of phosphoric ester groups is 1. The van der Waals surface area contributed by atoms with Crippen molar-refractivity contribution in [1.29, 1.82) is 0 Å². The fraction of sp³-hybridized carbons (Fsp3) is 0.226. The minimum absolute atomic E-state index is 0.00922. The Balaban J connectivity index is 1.17. The van der Waals surface area contributed by atoms with Gasteiger partial charge in [-0.3, -0.25) is 22.9 Å². The fourth-order valence-electron chi connectivity index (χ4n) is 4.88. The first-order chi connectivity index (χ1) is 22.5. The van der Waals surface area contributed by atoms with Crippen LogP contribution in [-0.2, 0) is 36.1 Å². The third kappa shape index (κ3) is 7.47. The van der Waals surface area contributed by atoms with Crippen molar-refractivity contribution in [3.63, 3.8) is 0 Å². The van der Waals surface area contributed by atoms with Gasteiger partial charge in [0.25, 0.3) is 5.91 Å². The van der Waals surface area contributed by atoms with E-state index in [4.69, 9.17) is 18.3 Å². The number of rotatable bonds is 13. The van der Waals surface area contributed by atoms with Crippen molar-refractivity contribution in [1.82, 2.24) is 19.5 Å². The number of carbonyl (C=O) groups is 1. The van der Waals surface area contributed by atoms with E-state index in [0.717, 1.165) is 11.1 Å². The van der Waals surface area contributed by atoms with Crippen LogP contribution in [0.1, 0.15) is 34.1 Å². The number of aromatic nitrogens is 4. The number of imidazole rings is 1. The van der Waals surface area contributed by atoms with Crippen LogP contribution in [0.25, 0.3) is 21.6 Å². The Bertz CT molecular complexity index is 1820. The molecule has 0 saturated carbocycles. The zero-order valence-corrected chi connectivity index (χ0v) is 25.3. The molecule has 0 radical (unpaired) electrons. The number of nitrogens with one attached hydrogen (secondary N) is 1. The van der Waals surface area contributed by atoms with E-state index >= 15 is 0 Å². The van der Waals surface area contributed by atoms with E-state index in [1.54, 1.807) is 28.8 Å². The van der Waals surface area contributed by atoms with Crippen molar-refractivity contribution in [2.24, 2.45) is 5.11 Å². The second-order valence-corrected chi connectivity index (χ2v) is 11.9. The third-order valence-corrected chi connectivity index (χ3v) is 8.56. The minimum atomic E-state index is -4.11. The summed E-state index contributed by atoms with van der Waals surface area (Å²) < 4.78 is 38.9. The smallest absolute Gasteiger partial charge is 0.352 e. The molecule has 2 aromatic heterocycles. The lowest BCUT2D eigenvalue weighted by Gasteiger charge is -2.21. The number of azide groups is 1. The number of hydrogen-bond donors (Lipinski definition) is 1. The third-order valence-electron chi connectivity index (χ3n) is 7.20. The lowest BCUT2D eigenvalue weighted by atomic mass is 10.1. The Kier molecular flexibility index (Phi) is 9.75. The number of benzene rings is 3. The van der Waals surface area contributed by atoms with Crippen LogP contribution in [0.15, 0.2) is 109 Å². The van der Waals surface area contributed by atoms with E-state index < -0.39 is 26.2 Å². The van der Waals surface area contributed by atoms with Crippen LogP contribution >= 0.6 is 7.82 Å². The molecule has 1 aliphatic heterocycles. The van der Waals surface area contributed by atoms with Gasteiger partial charge in [-0.1, -0.05) is 84.0 Å². The first-order valence-electron chi connectivity index (χ1n) is 14.4. The van der Waals surface area contributed by atoms with E-state index in [-0.39, 0.29) is 38.0 Å². The molecule has 1 fully saturated rings. The summed E-state index contributed by atoms with van der Waals surface area (Å²) in [5.41, 5.74) is 12.1. The van der Waals surface area contributed by atoms with E-state index in [9.17, 15) is 14.9 Å². The van der Waals surface area contributed by atoms with Crippen LogP contribution in [-0.4, -0.2) is 44.2 Å². The number of nitrogens with zero attached hydrogens (tertiary/aromatic N) is 7. The normalized spacial score (nSPS) is 17.9. The number of hydrogen-bond acceptors (Lipinski definition) is 10. The number of carbonyl (C=O) groups excluding carboxylic acids is 1. The van der Waals surface area contributed by atoms with Gasteiger partial charge in [0.05, 0.1) is 38.3 Å². The Labute approximate surface area is 263 Å². The number of amides is 1. The van der Waals surface area contributed by atoms with Crippen molar-refractivity contribution in [2.45, 2.75) is 38.0 Å². The van der Waals surface area contributed by atoms with Gasteiger partial charge >= 0.3 is 7.82 Å². The van der Waals surface area contributed by atoms with E-state index in [1.807, 2.05) is 66.7 Å². The molecule has 0 spiro atoms. The molecule has 3 heterocycles. The predicted molar refractivity (Wildman–Crippen MR) is 167 cm³/mol. The van der Waals surface area contributed by atoms with Gasteiger partial charge in [0, 0.05) is 16.9 Å². The van der Waals surface area contributed by atoms with Gasteiger partial charge in [0.15, 0.2) is 17.0 Å². The maximum atomic E-state index is 13.8. The summed E-state index contributed by atoms with van der Waals surface area (Å²) in [4.78, 5) is 28.7. The molecule has 234 valence electrons. The summed E-state index contributed by atoms with van der Waals surface area (Å²) in [6.45, 7) is -0.267. The lowest BCUT2D eigenvalue weighted by Crippen LogP contribution is -2.25. The maximum Gasteiger partial charge on any atom is 0.475 e. The van der Waals surface area contributed by atoms with Crippen LogP contribution in [0.4, 0.5) is 5.82 Å². The molecule has 15 heteroatoms. The predicted octanol–water partition coefficient (Wildman–Crippen LogP) is 6.60. The fourth-order valence-corrected chi connectivity index (χ4v) is 6.05. The summed E-state index contributed by atoms with van der Waals surface area (Å²) >= 11 is 0. The van der Waals surface area contributed by atoms with E-state index in [0.29, 0.717) is 16.7 Å². The van der Waals surface area contributed by atoms with Gasteiger partial charge < -0.3 is 10.1 Å². The molecule has 1 aliphatic rings. The Morgan fingerprint density at radius 3 is 2.20 bits per heavy atom. The summed E-state index contributed by atoms with van der Waals surface area (Å²) in [5, 5.41) is 6.68. The topological polar surface area (TPSA) is 175 Å². The van der Waals surface area contributed by atoms with Crippen LogP contribution in [0.2, 0.25) is 0 Å². The van der Waals surface area contributed by atoms with Crippen LogP contribution in [0.5, 0.6) is 0 Å². The summed E-state index contributed by atoms with van der Waals surface area (Å²) in [7, 11) is -4.11. The van der Waals surface area contributed by atoms with Gasteiger partial charge in [0.2, 0.25) is 0 Å². The zero-order chi connectivity index (χ0) is 31.8. The summed E-state index contributed by atoms with van der Waals surface area (Å²) in [6.07, 6.45) is 1.60. The van der Waals surface area contributed by atoms with Crippen molar-refractivity contribution in [3.05, 3.63) is 131 Å². The standard InChI is InChI=1S/C31H29N8O6P/c32-38-37-25-16-27(39-21-35-28-29(33-20-34-30(28)39)36-31(40)24-14-8-3-9-15-24)45-26(25)19-44-46(41,42-17-22-10-4-1-5-11-22)43-18-23-12-6-2-7-13-23/h1-15,20-21,25-27H,16-19H2,(H,33,34,36,40)/t25-,26+,27+/m0/s1. The maximum absolute atomic E-state index is 13.8. The highest BCUT2D eigenvalue weighted by atomic mass is 31.2. The second-order valence-electron chi connectivity index (χ2n) is 10.3. The van der Waals surface area contributed by atoms with E-state index in [1.165, 1.54) is 12.7 Å². The monoisotopic (exact) mass is 640 g/mol. The van der Waals surface area contributed by atoms with Crippen molar-refractivity contribution < 1.29 is 27.7 Å². The average molecular weight is 641 g/mol. The first kappa shape index (κ1) is 31.1. The quantitative estimate of drug-likeness (QED) is 0.0643. The van der Waals surface area contributed by atoms with Crippen molar-refractivity contribution in [3.8, 4) is 0 Å². The SMILES string of the molecule is [N-]=[N+]=N[C@H]1C[C@H](n2cnc3c(NC(=O)c4ccccc4)ncnc32)O[C@@H]1COP(=O)(OCc1ccccc1)OCc1ccccc1. The Morgan fingerprint density at radius 1 is 0.935 bits per heavy atom. The van der Waals surface area contributed by atoms with Gasteiger partial charge in [-0.15, -0.1) is 0 Å². The molecule has 6 rings (SSSR count). The molecule has 14 nitrogen and oxygen atoms in total. The molecule has 1 N–H and O–H groups in total. The molecular formula is C31H29N8O6P. The molecule has 46 heavy (non-hydrogen) atoms. The Hall–Kier alpha value is -4.94. The van der Waals surface area contributed by atoms with Gasteiger partial charge in [-0.05, 0) is 28.8 Å². The largest absolute Gasteiger partial charge is 0.475 e. The molecule has 0 bridgehead atoms. The second kappa shape index (κ2) is 14.4. The highest BCUT2D eigenvalue weighted by molar-refractivity contribution is 7.48. The molecule has 0 aliphatic carbocycles. The highest BCUT2D eigenvalue weighted by Gasteiger charge is 2.39. The first-order valence-corrected chi connectivity index (χ1v) is 15.8. The number of ether oxygens (including phenoxy) is 1. The van der Waals surface area contributed by atoms with Crippen molar-refractivity contribution >= 4 is 30.7 Å².